The molecule has 1 aliphatic heterocycles. The second-order valence-electron chi connectivity index (χ2n) is 7.21. The molecule has 0 aliphatic carbocycles. The largest absolute Gasteiger partial charge is 0.354 e. The SMILES string of the molecule is Cc1cc(N2CCN(Cc3nccn3C)CC2)nc(-c2ccc([N+](=O)[O-])cc2)n1. The van der Waals surface area contributed by atoms with Gasteiger partial charge in [-0.3, -0.25) is 15.0 Å². The summed E-state index contributed by atoms with van der Waals surface area (Å²) < 4.78 is 2.05. The molecule has 3 heterocycles. The molecule has 0 bridgehead atoms. The molecule has 0 saturated carbocycles. The topological polar surface area (TPSA) is 93.2 Å². The summed E-state index contributed by atoms with van der Waals surface area (Å²) in [6, 6.07) is 8.35. The van der Waals surface area contributed by atoms with Crippen molar-refractivity contribution in [2.45, 2.75) is 13.5 Å². The molecular weight excluding hydrogens is 370 g/mol. The van der Waals surface area contributed by atoms with E-state index in [2.05, 4.69) is 24.3 Å². The number of nitro groups is 1. The third kappa shape index (κ3) is 4.24. The first-order valence-electron chi connectivity index (χ1n) is 9.53. The first-order chi connectivity index (χ1) is 14.0. The van der Waals surface area contributed by atoms with Gasteiger partial charge in [-0.05, 0) is 19.1 Å². The monoisotopic (exact) mass is 393 g/mol. The number of hydrogen-bond donors (Lipinski definition) is 0. The number of non-ortho nitro benzene ring substituents is 1. The van der Waals surface area contributed by atoms with Crippen LogP contribution in [0.5, 0.6) is 0 Å². The van der Waals surface area contributed by atoms with Crippen molar-refractivity contribution >= 4 is 11.5 Å². The summed E-state index contributed by atoms with van der Waals surface area (Å²) >= 11 is 0. The number of imidazole rings is 1. The maximum Gasteiger partial charge on any atom is 0.269 e. The van der Waals surface area contributed by atoms with Crippen LogP contribution in [0.4, 0.5) is 11.5 Å². The van der Waals surface area contributed by atoms with Gasteiger partial charge in [0.25, 0.3) is 5.69 Å². The van der Waals surface area contributed by atoms with Gasteiger partial charge in [-0.15, -0.1) is 0 Å². The van der Waals surface area contributed by atoms with Crippen LogP contribution >= 0.6 is 0 Å². The van der Waals surface area contributed by atoms with Crippen LogP contribution in [0.1, 0.15) is 11.5 Å². The van der Waals surface area contributed by atoms with Gasteiger partial charge in [0.1, 0.15) is 11.6 Å². The number of nitro benzene ring substituents is 1. The van der Waals surface area contributed by atoms with Crippen molar-refractivity contribution in [3.05, 3.63) is 64.4 Å². The lowest BCUT2D eigenvalue weighted by atomic mass is 10.2. The molecule has 29 heavy (non-hydrogen) atoms. The maximum absolute atomic E-state index is 10.9. The highest BCUT2D eigenvalue weighted by molar-refractivity contribution is 5.60. The van der Waals surface area contributed by atoms with Crippen LogP contribution < -0.4 is 4.90 Å². The van der Waals surface area contributed by atoms with E-state index in [-0.39, 0.29) is 5.69 Å². The Hall–Kier alpha value is -3.33. The first-order valence-corrected chi connectivity index (χ1v) is 9.53. The predicted octanol–water partition coefficient (Wildman–Crippen LogP) is 2.42. The van der Waals surface area contributed by atoms with Crippen LogP contribution in [-0.2, 0) is 13.6 Å². The summed E-state index contributed by atoms with van der Waals surface area (Å²) in [6.45, 7) is 6.40. The van der Waals surface area contributed by atoms with Crippen LogP contribution in [0, 0.1) is 17.0 Å². The van der Waals surface area contributed by atoms with Crippen molar-refractivity contribution in [1.82, 2.24) is 24.4 Å². The van der Waals surface area contributed by atoms with Crippen LogP contribution in [-0.4, -0.2) is 55.5 Å². The normalized spacial score (nSPS) is 14.9. The fraction of sp³-hybridized carbons (Fsp3) is 0.350. The molecule has 1 fully saturated rings. The van der Waals surface area contributed by atoms with Gasteiger partial charge in [-0.1, -0.05) is 0 Å². The van der Waals surface area contributed by atoms with E-state index in [1.54, 1.807) is 12.1 Å². The lowest BCUT2D eigenvalue weighted by molar-refractivity contribution is -0.384. The van der Waals surface area contributed by atoms with Gasteiger partial charge in [0.2, 0.25) is 0 Å². The highest BCUT2D eigenvalue weighted by Gasteiger charge is 2.20. The number of anilines is 1. The van der Waals surface area contributed by atoms with E-state index in [4.69, 9.17) is 4.98 Å². The number of rotatable bonds is 5. The Morgan fingerprint density at radius 2 is 1.83 bits per heavy atom. The van der Waals surface area contributed by atoms with E-state index in [1.807, 2.05) is 32.4 Å². The van der Waals surface area contributed by atoms with E-state index in [9.17, 15) is 10.1 Å². The van der Waals surface area contributed by atoms with Crippen LogP contribution in [0.25, 0.3) is 11.4 Å². The average Bonchev–Trinajstić information content (AvgIpc) is 3.12. The van der Waals surface area contributed by atoms with Gasteiger partial charge in [-0.25, -0.2) is 15.0 Å². The quantitative estimate of drug-likeness (QED) is 0.485. The molecule has 0 N–H and O–H groups in total. The van der Waals surface area contributed by atoms with Gasteiger partial charge in [0, 0.05) is 75.1 Å². The van der Waals surface area contributed by atoms with Crippen molar-refractivity contribution in [2.24, 2.45) is 7.05 Å². The second-order valence-corrected chi connectivity index (χ2v) is 7.21. The summed E-state index contributed by atoms with van der Waals surface area (Å²) in [5.74, 6) is 2.55. The Morgan fingerprint density at radius 1 is 1.10 bits per heavy atom. The van der Waals surface area contributed by atoms with E-state index < -0.39 is 4.92 Å². The van der Waals surface area contributed by atoms with E-state index in [1.165, 1.54) is 12.1 Å². The summed E-state index contributed by atoms with van der Waals surface area (Å²) in [5.41, 5.74) is 1.71. The molecule has 0 radical (unpaired) electrons. The lowest BCUT2D eigenvalue weighted by Crippen LogP contribution is -2.46. The molecule has 0 amide bonds. The number of aromatic nitrogens is 4. The molecule has 2 aromatic heterocycles. The Bertz CT molecular complexity index is 1010. The molecule has 1 saturated heterocycles. The van der Waals surface area contributed by atoms with E-state index in [0.717, 1.165) is 55.6 Å². The standard InChI is InChI=1S/C20H23N7O2/c1-15-13-18(23-20(22-15)16-3-5-17(6-4-16)27(28)29)26-11-9-25(10-12-26)14-19-21-7-8-24(19)2/h3-8,13H,9-12,14H2,1-2H3. The number of aryl methyl sites for hydroxylation is 2. The molecule has 0 unspecified atom stereocenters. The maximum atomic E-state index is 10.9. The highest BCUT2D eigenvalue weighted by atomic mass is 16.6. The van der Waals surface area contributed by atoms with Crippen LogP contribution in [0.3, 0.4) is 0 Å². The minimum Gasteiger partial charge on any atom is -0.354 e. The zero-order chi connectivity index (χ0) is 20.4. The number of nitrogens with zero attached hydrogens (tertiary/aromatic N) is 7. The third-order valence-corrected chi connectivity index (χ3v) is 5.16. The Kier molecular flexibility index (Phi) is 5.22. The molecule has 4 rings (SSSR count). The van der Waals surface area contributed by atoms with Crippen molar-refractivity contribution in [3.63, 3.8) is 0 Å². The smallest absolute Gasteiger partial charge is 0.269 e. The van der Waals surface area contributed by atoms with E-state index >= 15 is 0 Å². The Morgan fingerprint density at radius 3 is 2.45 bits per heavy atom. The third-order valence-electron chi connectivity index (χ3n) is 5.16. The fourth-order valence-electron chi connectivity index (χ4n) is 3.46. The molecule has 0 atom stereocenters. The van der Waals surface area contributed by atoms with Crippen LogP contribution in [0.2, 0.25) is 0 Å². The number of benzene rings is 1. The molecular formula is C20H23N7O2. The van der Waals surface area contributed by atoms with Crippen molar-refractivity contribution in [3.8, 4) is 11.4 Å². The van der Waals surface area contributed by atoms with Gasteiger partial charge >= 0.3 is 0 Å². The molecule has 150 valence electrons. The van der Waals surface area contributed by atoms with Crippen molar-refractivity contribution in [1.29, 1.82) is 0 Å². The number of hydrogen-bond acceptors (Lipinski definition) is 7. The van der Waals surface area contributed by atoms with Crippen LogP contribution in [0.15, 0.2) is 42.7 Å². The summed E-state index contributed by atoms with van der Waals surface area (Å²) in [6.07, 6.45) is 3.80. The van der Waals surface area contributed by atoms with Gasteiger partial charge in [-0.2, -0.15) is 0 Å². The Balaban J connectivity index is 1.47. The van der Waals surface area contributed by atoms with Crippen molar-refractivity contribution in [2.75, 3.05) is 31.1 Å². The summed E-state index contributed by atoms with van der Waals surface area (Å²) in [4.78, 5) is 28.8. The fourth-order valence-corrected chi connectivity index (χ4v) is 3.46. The van der Waals surface area contributed by atoms with Gasteiger partial charge in [0.15, 0.2) is 5.82 Å². The first kappa shape index (κ1) is 19.0. The minimum absolute atomic E-state index is 0.0606. The molecule has 9 nitrogen and oxygen atoms in total. The lowest BCUT2D eigenvalue weighted by Gasteiger charge is -2.35. The second kappa shape index (κ2) is 7.96. The Labute approximate surface area is 168 Å². The zero-order valence-corrected chi connectivity index (χ0v) is 16.5. The average molecular weight is 393 g/mol. The summed E-state index contributed by atoms with van der Waals surface area (Å²) in [5, 5.41) is 10.9. The van der Waals surface area contributed by atoms with E-state index in [0.29, 0.717) is 5.82 Å². The van der Waals surface area contributed by atoms with Gasteiger partial charge < -0.3 is 9.47 Å². The minimum atomic E-state index is -0.406. The molecule has 1 aliphatic rings. The predicted molar refractivity (Wildman–Crippen MR) is 110 cm³/mol. The molecule has 9 heteroatoms. The summed E-state index contributed by atoms with van der Waals surface area (Å²) in [7, 11) is 2.02. The molecule has 3 aromatic rings. The van der Waals surface area contributed by atoms with Crippen molar-refractivity contribution < 1.29 is 4.92 Å². The van der Waals surface area contributed by atoms with Gasteiger partial charge in [0.05, 0.1) is 11.5 Å². The number of piperazine rings is 1. The molecule has 1 aromatic carbocycles. The highest BCUT2D eigenvalue weighted by Crippen LogP contribution is 2.23. The zero-order valence-electron chi connectivity index (χ0n) is 16.5. The molecule has 0 spiro atoms.